The second-order valence-corrected chi connectivity index (χ2v) is 13.1. The van der Waals surface area contributed by atoms with Gasteiger partial charge in [0, 0.05) is 39.0 Å². The molecule has 242 valence electrons. The smallest absolute Gasteiger partial charge is 0.158 e. The summed E-state index contributed by atoms with van der Waals surface area (Å²) in [4.78, 5) is 4.76. The third kappa shape index (κ3) is 4.78. The van der Waals surface area contributed by atoms with E-state index < -0.39 is 6.29 Å². The van der Waals surface area contributed by atoms with Gasteiger partial charge in [0.15, 0.2) is 6.29 Å². The fourth-order valence-corrected chi connectivity index (χ4v) is 7.80. The summed E-state index contributed by atoms with van der Waals surface area (Å²) in [5, 5.41) is 10.8. The molecular formula is C46H33N5. The third-order valence-electron chi connectivity index (χ3n) is 10.2. The quantitative estimate of drug-likeness (QED) is 0.175. The monoisotopic (exact) mass is 655 g/mol. The van der Waals surface area contributed by atoms with Crippen molar-refractivity contribution in [2.75, 3.05) is 5.32 Å². The number of rotatable bonds is 6. The fraction of sp³-hybridized carbons (Fsp3) is 0.0217. The van der Waals surface area contributed by atoms with Gasteiger partial charge in [-0.05, 0) is 94.2 Å². The normalized spacial score (nSPS) is 12.3. The maximum absolute atomic E-state index is 7.07. The van der Waals surface area contributed by atoms with E-state index in [1.807, 2.05) is 12.3 Å². The molecule has 51 heavy (non-hydrogen) atoms. The van der Waals surface area contributed by atoms with Gasteiger partial charge in [-0.15, -0.1) is 0 Å². The van der Waals surface area contributed by atoms with Crippen LogP contribution in [0.3, 0.4) is 0 Å². The number of fused-ring (bicyclic) bond motifs is 7. The summed E-state index contributed by atoms with van der Waals surface area (Å²) in [6.45, 7) is 0. The van der Waals surface area contributed by atoms with Crippen LogP contribution in [0.4, 0.5) is 5.82 Å². The lowest BCUT2D eigenvalue weighted by Crippen LogP contribution is -2.27. The Hall–Kier alpha value is -6.69. The van der Waals surface area contributed by atoms with Gasteiger partial charge < -0.3 is 14.5 Å². The zero-order chi connectivity index (χ0) is 33.9. The van der Waals surface area contributed by atoms with E-state index in [1.54, 1.807) is 0 Å². The van der Waals surface area contributed by atoms with Gasteiger partial charge in [0.25, 0.3) is 0 Å². The minimum absolute atomic E-state index is 0.562. The number of aromatic nitrogens is 3. The first-order valence-electron chi connectivity index (χ1n) is 17.3. The SMILES string of the molecule is NC(Nc1ncccc1-c1ccc2ccccc2c1)n1c2ccccc2c2cc(-c3ccc4c(c3)c3ccccc3n4-c3ccccc3)ccc21. The molecule has 0 aliphatic carbocycles. The Morgan fingerprint density at radius 3 is 1.86 bits per heavy atom. The number of pyridine rings is 1. The lowest BCUT2D eigenvalue weighted by molar-refractivity contribution is 0.623. The molecule has 3 heterocycles. The predicted octanol–water partition coefficient (Wildman–Crippen LogP) is 11.3. The molecule has 0 spiro atoms. The number of hydrogen-bond acceptors (Lipinski definition) is 3. The van der Waals surface area contributed by atoms with Crippen molar-refractivity contribution in [1.29, 1.82) is 0 Å². The third-order valence-corrected chi connectivity index (χ3v) is 10.2. The maximum Gasteiger partial charge on any atom is 0.158 e. The van der Waals surface area contributed by atoms with Crippen molar-refractivity contribution in [2.24, 2.45) is 5.73 Å². The Morgan fingerprint density at radius 2 is 1.06 bits per heavy atom. The van der Waals surface area contributed by atoms with Crippen LogP contribution in [0.25, 0.3) is 82.3 Å². The molecule has 0 aliphatic rings. The summed E-state index contributed by atoms with van der Waals surface area (Å²) >= 11 is 0. The summed E-state index contributed by atoms with van der Waals surface area (Å²) in [6, 6.07) is 60.3. The number of nitrogens with one attached hydrogen (secondary N) is 1. The largest absolute Gasteiger partial charge is 0.337 e. The van der Waals surface area contributed by atoms with Gasteiger partial charge >= 0.3 is 0 Å². The van der Waals surface area contributed by atoms with Crippen LogP contribution in [0.2, 0.25) is 0 Å². The fourth-order valence-electron chi connectivity index (χ4n) is 7.80. The summed E-state index contributed by atoms with van der Waals surface area (Å²) in [5.74, 6) is 0.741. The molecule has 10 rings (SSSR count). The molecule has 1 unspecified atom stereocenters. The van der Waals surface area contributed by atoms with Crippen molar-refractivity contribution in [3.05, 3.63) is 176 Å². The Morgan fingerprint density at radius 1 is 0.471 bits per heavy atom. The van der Waals surface area contributed by atoms with E-state index in [-0.39, 0.29) is 0 Å². The molecule has 0 saturated carbocycles. The van der Waals surface area contributed by atoms with Gasteiger partial charge in [-0.3, -0.25) is 5.73 Å². The molecular weight excluding hydrogens is 623 g/mol. The number of nitrogens with two attached hydrogens (primary N) is 1. The van der Waals surface area contributed by atoms with Gasteiger partial charge in [-0.2, -0.15) is 0 Å². The summed E-state index contributed by atoms with van der Waals surface area (Å²) in [7, 11) is 0. The van der Waals surface area contributed by atoms with E-state index >= 15 is 0 Å². The van der Waals surface area contributed by atoms with Crippen molar-refractivity contribution < 1.29 is 0 Å². The van der Waals surface area contributed by atoms with E-state index in [1.165, 1.54) is 38.1 Å². The van der Waals surface area contributed by atoms with Crippen LogP contribution in [0.1, 0.15) is 6.29 Å². The second-order valence-electron chi connectivity index (χ2n) is 13.1. The predicted molar refractivity (Wildman–Crippen MR) is 213 cm³/mol. The number of nitrogens with zero attached hydrogens (tertiary/aromatic N) is 3. The van der Waals surface area contributed by atoms with Gasteiger partial charge in [-0.25, -0.2) is 4.98 Å². The molecule has 0 radical (unpaired) electrons. The molecule has 0 amide bonds. The summed E-state index contributed by atoms with van der Waals surface area (Å²) in [5.41, 5.74) is 17.2. The minimum atomic E-state index is -0.562. The Labute approximate surface area is 294 Å². The van der Waals surface area contributed by atoms with Gasteiger partial charge in [0.05, 0.1) is 22.1 Å². The Balaban J connectivity index is 1.06. The van der Waals surface area contributed by atoms with E-state index in [2.05, 4.69) is 178 Å². The first-order valence-corrected chi connectivity index (χ1v) is 17.3. The average molecular weight is 656 g/mol. The Kier molecular flexibility index (Phi) is 6.72. The van der Waals surface area contributed by atoms with E-state index in [4.69, 9.17) is 10.7 Å². The molecule has 10 aromatic rings. The first kappa shape index (κ1) is 29.2. The van der Waals surface area contributed by atoms with Crippen molar-refractivity contribution in [1.82, 2.24) is 14.1 Å². The second kappa shape index (κ2) is 11.7. The van der Waals surface area contributed by atoms with Crippen LogP contribution in [-0.4, -0.2) is 14.1 Å². The van der Waals surface area contributed by atoms with Crippen LogP contribution < -0.4 is 11.1 Å². The Bertz CT molecular complexity index is 2920. The van der Waals surface area contributed by atoms with Gasteiger partial charge in [-0.1, -0.05) is 103 Å². The van der Waals surface area contributed by atoms with E-state index in [0.717, 1.165) is 50.0 Å². The van der Waals surface area contributed by atoms with Crippen LogP contribution in [0, 0.1) is 0 Å². The number of hydrogen-bond donors (Lipinski definition) is 2. The molecule has 1 atom stereocenters. The summed E-state index contributed by atoms with van der Waals surface area (Å²) < 4.78 is 4.54. The van der Waals surface area contributed by atoms with Crippen molar-refractivity contribution in [2.45, 2.75) is 6.29 Å². The highest BCUT2D eigenvalue weighted by Gasteiger charge is 2.19. The zero-order valence-corrected chi connectivity index (χ0v) is 27.7. The minimum Gasteiger partial charge on any atom is -0.337 e. The number of anilines is 1. The highest BCUT2D eigenvalue weighted by molar-refractivity contribution is 6.12. The van der Waals surface area contributed by atoms with Gasteiger partial charge in [0.1, 0.15) is 5.82 Å². The maximum atomic E-state index is 7.07. The van der Waals surface area contributed by atoms with Crippen molar-refractivity contribution in [3.8, 4) is 27.9 Å². The van der Waals surface area contributed by atoms with Crippen LogP contribution in [-0.2, 0) is 0 Å². The molecule has 0 bridgehead atoms. The van der Waals surface area contributed by atoms with Crippen LogP contribution >= 0.6 is 0 Å². The highest BCUT2D eigenvalue weighted by Crippen LogP contribution is 2.38. The molecule has 0 aliphatic heterocycles. The van der Waals surface area contributed by atoms with Crippen LogP contribution in [0.15, 0.2) is 176 Å². The number of benzene rings is 7. The molecule has 0 fully saturated rings. The van der Waals surface area contributed by atoms with E-state index in [0.29, 0.717) is 0 Å². The first-order chi connectivity index (χ1) is 25.2. The van der Waals surface area contributed by atoms with Crippen molar-refractivity contribution >= 4 is 60.2 Å². The highest BCUT2D eigenvalue weighted by atomic mass is 15.3. The lowest BCUT2D eigenvalue weighted by Gasteiger charge is -2.21. The molecule has 3 aromatic heterocycles. The zero-order valence-electron chi connectivity index (χ0n) is 27.7. The standard InChI is InChI=1S/C46H33N5/c47-46(49-45-36(17-10-26-48-45)34-21-20-30-11-4-5-12-31(30)27-34)51-42-19-9-7-16-38(42)40-29-33(23-25-44(40)51)32-22-24-43-39(28-32)37-15-6-8-18-41(37)50(43)35-13-2-1-3-14-35/h1-29,46H,47H2,(H,48,49). The molecule has 5 nitrogen and oxygen atoms in total. The van der Waals surface area contributed by atoms with E-state index in [9.17, 15) is 0 Å². The van der Waals surface area contributed by atoms with Crippen LogP contribution in [0.5, 0.6) is 0 Å². The number of para-hydroxylation sites is 3. The average Bonchev–Trinajstić information content (AvgIpc) is 3.70. The topological polar surface area (TPSA) is 60.8 Å². The molecule has 7 aromatic carbocycles. The van der Waals surface area contributed by atoms with Crippen molar-refractivity contribution in [3.63, 3.8) is 0 Å². The summed E-state index contributed by atoms with van der Waals surface area (Å²) in [6.07, 6.45) is 1.25. The lowest BCUT2D eigenvalue weighted by atomic mass is 10.0. The molecule has 5 heteroatoms. The van der Waals surface area contributed by atoms with Gasteiger partial charge in [0.2, 0.25) is 0 Å². The molecule has 3 N–H and O–H groups in total. The molecule has 0 saturated heterocycles.